The molecule has 1 heterocycles. The van der Waals surface area contributed by atoms with Gasteiger partial charge in [0.05, 0.1) is 20.8 Å². The number of carbonyl (C=O) groups excluding carboxylic acids is 2. The minimum Gasteiger partial charge on any atom is -0.497 e. The van der Waals surface area contributed by atoms with Gasteiger partial charge in [-0.05, 0) is 47.7 Å². The third-order valence-electron chi connectivity index (χ3n) is 7.00. The average Bonchev–Trinajstić information content (AvgIpc) is 2.96. The fourth-order valence-electron chi connectivity index (χ4n) is 4.56. The first-order valence-electron chi connectivity index (χ1n) is 12.9. The molecule has 2 aromatic rings. The normalized spacial score (nSPS) is 16.9. The molecule has 2 aromatic carbocycles. The molecule has 0 radical (unpaired) electrons. The van der Waals surface area contributed by atoms with Crippen LogP contribution in [0.2, 0.25) is 0 Å². The summed E-state index contributed by atoms with van der Waals surface area (Å²) in [6.45, 7) is 3.35. The van der Waals surface area contributed by atoms with Gasteiger partial charge in [0.2, 0.25) is 6.29 Å². The van der Waals surface area contributed by atoms with Crippen molar-refractivity contribution < 1.29 is 43.5 Å². The zero-order valence-electron chi connectivity index (χ0n) is 22.5. The summed E-state index contributed by atoms with van der Waals surface area (Å²) in [7, 11) is 3.00. The zero-order valence-corrected chi connectivity index (χ0v) is 22.5. The summed E-state index contributed by atoms with van der Waals surface area (Å²) in [4.78, 5) is 25.7. The maximum absolute atomic E-state index is 13.9. The SMILES string of the molecule is CCCCC(CC)COC(=O)C(O)(C1OCC(=O)CO1)C(O)(c1ccc(OC)cc1)c1ccc(OC)cc1. The predicted octanol–water partition coefficient (Wildman–Crippen LogP) is 3.37. The lowest BCUT2D eigenvalue weighted by atomic mass is 9.72. The largest absolute Gasteiger partial charge is 0.497 e. The summed E-state index contributed by atoms with van der Waals surface area (Å²) in [6, 6.07) is 12.5. The maximum Gasteiger partial charge on any atom is 0.347 e. The summed E-state index contributed by atoms with van der Waals surface area (Å²) >= 11 is 0. The lowest BCUT2D eigenvalue weighted by Gasteiger charge is -2.46. The Morgan fingerprint density at radius 1 is 0.947 bits per heavy atom. The van der Waals surface area contributed by atoms with Crippen LogP contribution in [0.15, 0.2) is 48.5 Å². The highest BCUT2D eigenvalue weighted by Crippen LogP contribution is 2.45. The van der Waals surface area contributed by atoms with E-state index >= 15 is 0 Å². The van der Waals surface area contributed by atoms with Gasteiger partial charge in [-0.2, -0.15) is 0 Å². The molecule has 3 rings (SSSR count). The molecule has 0 saturated carbocycles. The minimum atomic E-state index is -2.79. The summed E-state index contributed by atoms with van der Waals surface area (Å²) in [5.41, 5.74) is -4.89. The molecular formula is C29H38O9. The van der Waals surface area contributed by atoms with Crippen LogP contribution in [0.3, 0.4) is 0 Å². The smallest absolute Gasteiger partial charge is 0.347 e. The van der Waals surface area contributed by atoms with Crippen LogP contribution in [-0.4, -0.2) is 67.9 Å². The van der Waals surface area contributed by atoms with Crippen molar-refractivity contribution in [2.75, 3.05) is 34.0 Å². The number of ether oxygens (including phenoxy) is 5. The Kier molecular flexibility index (Phi) is 10.3. The molecule has 208 valence electrons. The number of esters is 1. The molecule has 38 heavy (non-hydrogen) atoms. The molecule has 0 amide bonds. The first-order chi connectivity index (χ1) is 18.2. The van der Waals surface area contributed by atoms with Crippen molar-refractivity contribution in [3.05, 3.63) is 59.7 Å². The number of rotatable bonds is 13. The van der Waals surface area contributed by atoms with Gasteiger partial charge in [0.15, 0.2) is 11.4 Å². The van der Waals surface area contributed by atoms with Gasteiger partial charge >= 0.3 is 5.97 Å². The van der Waals surface area contributed by atoms with E-state index in [9.17, 15) is 19.8 Å². The molecule has 0 spiro atoms. The average molecular weight is 531 g/mol. The molecule has 0 bridgehead atoms. The molecular weight excluding hydrogens is 492 g/mol. The number of benzene rings is 2. The van der Waals surface area contributed by atoms with Crippen molar-refractivity contribution in [3.8, 4) is 11.5 Å². The number of unbranched alkanes of at least 4 members (excludes halogenated alkanes) is 1. The molecule has 1 fully saturated rings. The molecule has 2 unspecified atom stereocenters. The van der Waals surface area contributed by atoms with E-state index < -0.39 is 36.7 Å². The molecule has 2 N–H and O–H groups in total. The van der Waals surface area contributed by atoms with Crippen LogP contribution in [0.25, 0.3) is 0 Å². The van der Waals surface area contributed by atoms with Crippen molar-refractivity contribution >= 4 is 11.8 Å². The molecule has 1 aliphatic rings. The summed E-state index contributed by atoms with van der Waals surface area (Å²) in [5.74, 6) is -0.391. The van der Waals surface area contributed by atoms with Crippen molar-refractivity contribution in [1.82, 2.24) is 0 Å². The fraction of sp³-hybridized carbons (Fsp3) is 0.517. The van der Waals surface area contributed by atoms with Crippen molar-refractivity contribution in [1.29, 1.82) is 0 Å². The monoisotopic (exact) mass is 530 g/mol. The molecule has 0 aromatic heterocycles. The second-order valence-electron chi connectivity index (χ2n) is 9.44. The highest BCUT2D eigenvalue weighted by molar-refractivity contribution is 5.85. The van der Waals surface area contributed by atoms with Crippen LogP contribution in [0.4, 0.5) is 0 Å². The quantitative estimate of drug-likeness (QED) is 0.376. The van der Waals surface area contributed by atoms with E-state index in [2.05, 4.69) is 6.92 Å². The number of ketones is 1. The molecule has 9 heteroatoms. The van der Waals surface area contributed by atoms with Gasteiger partial charge in [0.1, 0.15) is 24.7 Å². The Morgan fingerprint density at radius 3 is 1.87 bits per heavy atom. The van der Waals surface area contributed by atoms with Gasteiger partial charge in [-0.1, -0.05) is 57.4 Å². The highest BCUT2D eigenvalue weighted by atomic mass is 16.7. The first-order valence-corrected chi connectivity index (χ1v) is 12.9. The Hall–Kier alpha value is -2.98. The van der Waals surface area contributed by atoms with Crippen molar-refractivity contribution in [2.45, 2.75) is 57.0 Å². The van der Waals surface area contributed by atoms with E-state index in [1.165, 1.54) is 38.5 Å². The lowest BCUT2D eigenvalue weighted by Crippen LogP contribution is -2.67. The Bertz CT molecular complexity index is 993. The Balaban J connectivity index is 2.14. The number of aliphatic hydroxyl groups is 2. The standard InChI is InChI=1S/C29H38O9/c1-5-7-8-20(6-2)17-36-26(31)29(33,27-37-18-23(30)19-38-27)28(32,21-9-13-24(34-3)14-10-21)22-11-15-25(35-4)16-12-22/h9-16,20,27,32-33H,5-8,17-19H2,1-4H3. The molecule has 2 atom stereocenters. The Labute approximate surface area is 223 Å². The molecule has 1 aliphatic heterocycles. The summed E-state index contributed by atoms with van der Waals surface area (Å²) in [5, 5.41) is 24.8. The predicted molar refractivity (Wildman–Crippen MR) is 139 cm³/mol. The van der Waals surface area contributed by atoms with Crippen LogP contribution in [0.5, 0.6) is 11.5 Å². The first kappa shape index (κ1) is 29.6. The van der Waals surface area contributed by atoms with Gasteiger partial charge in [-0.25, -0.2) is 4.79 Å². The fourth-order valence-corrected chi connectivity index (χ4v) is 4.56. The summed E-state index contributed by atoms with van der Waals surface area (Å²) < 4.78 is 27.2. The lowest BCUT2D eigenvalue weighted by molar-refractivity contribution is -0.293. The van der Waals surface area contributed by atoms with E-state index in [0.717, 1.165) is 25.7 Å². The number of hydrogen-bond acceptors (Lipinski definition) is 9. The second-order valence-corrected chi connectivity index (χ2v) is 9.44. The number of hydrogen-bond donors (Lipinski definition) is 2. The zero-order chi connectivity index (χ0) is 27.8. The van der Waals surface area contributed by atoms with Crippen LogP contribution in [0, 0.1) is 5.92 Å². The highest BCUT2D eigenvalue weighted by Gasteiger charge is 2.65. The van der Waals surface area contributed by atoms with Crippen LogP contribution in [-0.2, 0) is 29.4 Å². The van der Waals surface area contributed by atoms with E-state index in [-0.39, 0.29) is 29.4 Å². The summed E-state index contributed by atoms with van der Waals surface area (Å²) in [6.07, 6.45) is 1.90. The van der Waals surface area contributed by atoms with Crippen LogP contribution >= 0.6 is 0 Å². The molecule has 0 aliphatic carbocycles. The Morgan fingerprint density at radius 2 is 1.45 bits per heavy atom. The van der Waals surface area contributed by atoms with Crippen molar-refractivity contribution in [2.24, 2.45) is 5.92 Å². The van der Waals surface area contributed by atoms with Crippen LogP contribution in [0.1, 0.15) is 50.7 Å². The minimum absolute atomic E-state index is 0.0462. The second kappa shape index (κ2) is 13.2. The van der Waals surface area contributed by atoms with Gasteiger partial charge in [0.25, 0.3) is 5.60 Å². The van der Waals surface area contributed by atoms with Crippen molar-refractivity contribution in [3.63, 3.8) is 0 Å². The molecule has 1 saturated heterocycles. The van der Waals surface area contributed by atoms with Gasteiger partial charge in [0, 0.05) is 0 Å². The van der Waals surface area contributed by atoms with Gasteiger partial charge in [-0.3, -0.25) is 4.79 Å². The van der Waals surface area contributed by atoms with E-state index in [1.54, 1.807) is 24.3 Å². The number of Topliss-reactive ketones (excluding diaryl/α,β-unsaturated/α-hetero) is 1. The van der Waals surface area contributed by atoms with E-state index in [4.69, 9.17) is 23.7 Å². The van der Waals surface area contributed by atoms with Crippen LogP contribution < -0.4 is 9.47 Å². The van der Waals surface area contributed by atoms with E-state index in [0.29, 0.717) is 11.5 Å². The maximum atomic E-state index is 13.9. The third-order valence-corrected chi connectivity index (χ3v) is 7.00. The van der Waals surface area contributed by atoms with E-state index in [1.807, 2.05) is 6.92 Å². The number of carbonyl (C=O) groups is 2. The topological polar surface area (TPSA) is 121 Å². The van der Waals surface area contributed by atoms with Gasteiger partial charge < -0.3 is 33.9 Å². The third kappa shape index (κ3) is 6.02. The van der Waals surface area contributed by atoms with Gasteiger partial charge in [-0.15, -0.1) is 0 Å². The number of methoxy groups -OCH3 is 2. The molecule has 9 nitrogen and oxygen atoms in total.